The van der Waals surface area contributed by atoms with Crippen molar-refractivity contribution in [1.82, 2.24) is 0 Å². The van der Waals surface area contributed by atoms with Crippen LogP contribution < -0.4 is 0 Å². The van der Waals surface area contributed by atoms with E-state index in [1.807, 2.05) is 72.8 Å². The van der Waals surface area contributed by atoms with Crippen LogP contribution in [-0.4, -0.2) is 0 Å². The first kappa shape index (κ1) is 26.6. The lowest BCUT2D eigenvalue weighted by Crippen LogP contribution is -2.16. The highest BCUT2D eigenvalue weighted by molar-refractivity contribution is 8.02. The SMILES string of the molecule is FC(F)(F)c1cc2cc3cc4cc(Sc5ccccc5)c(Sc5ccccc5)cc4cc3cc2cc1C(F)(F)F. The van der Waals surface area contributed by atoms with Gasteiger partial charge in [-0.05, 0) is 105 Å². The fourth-order valence-electron chi connectivity index (χ4n) is 4.67. The predicted octanol–water partition coefficient (Wildman–Crippen LogP) is 11.5. The molecule has 6 rings (SSSR count). The first-order chi connectivity index (χ1) is 19.0. The molecule has 0 aliphatic carbocycles. The van der Waals surface area contributed by atoms with E-state index in [1.165, 1.54) is 12.1 Å². The van der Waals surface area contributed by atoms with Gasteiger partial charge in [-0.25, -0.2) is 0 Å². The Labute approximate surface area is 234 Å². The second kappa shape index (κ2) is 10.1. The van der Waals surface area contributed by atoms with Gasteiger partial charge < -0.3 is 0 Å². The van der Waals surface area contributed by atoms with Gasteiger partial charge >= 0.3 is 12.4 Å². The zero-order valence-corrected chi connectivity index (χ0v) is 22.1. The molecule has 0 aliphatic heterocycles. The molecule has 6 aromatic carbocycles. The van der Waals surface area contributed by atoms with Gasteiger partial charge in [0.2, 0.25) is 0 Å². The maximum Gasteiger partial charge on any atom is 0.417 e. The molecule has 0 heterocycles. The maximum atomic E-state index is 13.5. The fraction of sp³-hybridized carbons (Fsp3) is 0.0625. The molecule has 0 nitrogen and oxygen atoms in total. The number of hydrogen-bond acceptors (Lipinski definition) is 2. The minimum Gasteiger partial charge on any atom is -0.166 e. The molecule has 40 heavy (non-hydrogen) atoms. The smallest absolute Gasteiger partial charge is 0.166 e. The number of fused-ring (bicyclic) bond motifs is 3. The molecule has 0 bridgehead atoms. The van der Waals surface area contributed by atoms with E-state index in [9.17, 15) is 26.3 Å². The highest BCUT2D eigenvalue weighted by Gasteiger charge is 2.43. The molecule has 0 N–H and O–H groups in total. The highest BCUT2D eigenvalue weighted by atomic mass is 32.2. The second-order valence-electron chi connectivity index (χ2n) is 9.27. The number of benzene rings is 6. The van der Waals surface area contributed by atoms with Crippen molar-refractivity contribution in [2.75, 3.05) is 0 Å². The largest absolute Gasteiger partial charge is 0.417 e. The van der Waals surface area contributed by atoms with Crippen LogP contribution in [-0.2, 0) is 12.4 Å². The Balaban J connectivity index is 1.54. The Morgan fingerprint density at radius 3 is 1.00 bits per heavy atom. The van der Waals surface area contributed by atoms with Crippen LogP contribution in [0.15, 0.2) is 129 Å². The molecule has 0 amide bonds. The summed E-state index contributed by atoms with van der Waals surface area (Å²) in [5.74, 6) is 0. The van der Waals surface area contributed by atoms with Crippen molar-refractivity contribution in [2.24, 2.45) is 0 Å². The standard InChI is InChI=1S/C32H18F6S2/c33-31(34,35)27-15-21-11-19-13-23-17-29(39-25-7-3-1-4-8-25)30(40-26-9-5-2-6-10-26)18-24(23)14-20(19)12-22(21)16-28(27)32(36,37)38/h1-18H. The van der Waals surface area contributed by atoms with Crippen molar-refractivity contribution in [3.8, 4) is 0 Å². The fourth-order valence-corrected chi connectivity index (χ4v) is 6.71. The number of hydrogen-bond donors (Lipinski definition) is 0. The Hall–Kier alpha value is -3.62. The quantitative estimate of drug-likeness (QED) is 0.150. The number of halogens is 6. The molecular weight excluding hydrogens is 562 g/mol. The molecule has 0 spiro atoms. The summed E-state index contributed by atoms with van der Waals surface area (Å²) in [4.78, 5) is 4.15. The first-order valence-electron chi connectivity index (χ1n) is 12.1. The molecule has 0 aromatic heterocycles. The minimum atomic E-state index is -5.13. The Kier molecular flexibility index (Phi) is 6.71. The van der Waals surface area contributed by atoms with Gasteiger partial charge in [-0.2, -0.15) is 26.3 Å². The third-order valence-electron chi connectivity index (χ3n) is 6.50. The summed E-state index contributed by atoms with van der Waals surface area (Å²) in [6, 6.07) is 31.9. The van der Waals surface area contributed by atoms with Crippen molar-refractivity contribution in [1.29, 1.82) is 0 Å². The van der Waals surface area contributed by atoms with E-state index in [0.29, 0.717) is 22.9 Å². The van der Waals surface area contributed by atoms with Crippen LogP contribution in [0.5, 0.6) is 0 Å². The third kappa shape index (κ3) is 5.38. The lowest BCUT2D eigenvalue weighted by atomic mass is 9.95. The van der Waals surface area contributed by atoms with Gasteiger partial charge in [0.15, 0.2) is 0 Å². The van der Waals surface area contributed by atoms with Gasteiger partial charge in [-0.15, -0.1) is 0 Å². The summed E-state index contributed by atoms with van der Waals surface area (Å²) in [6.45, 7) is 0. The molecule has 0 radical (unpaired) electrons. The van der Waals surface area contributed by atoms with Crippen LogP contribution in [0.3, 0.4) is 0 Å². The Morgan fingerprint density at radius 2 is 0.675 bits per heavy atom. The molecule has 0 unspecified atom stereocenters. The van der Waals surface area contributed by atoms with Crippen LogP contribution in [0.2, 0.25) is 0 Å². The molecule has 200 valence electrons. The maximum absolute atomic E-state index is 13.5. The topological polar surface area (TPSA) is 0 Å². The summed E-state index contributed by atoms with van der Waals surface area (Å²) in [7, 11) is 0. The normalized spacial score (nSPS) is 12.4. The molecule has 6 aromatic rings. The first-order valence-corrected chi connectivity index (χ1v) is 13.8. The van der Waals surface area contributed by atoms with Crippen LogP contribution in [0.25, 0.3) is 32.3 Å². The minimum absolute atomic E-state index is 0.0994. The van der Waals surface area contributed by atoms with E-state index < -0.39 is 23.5 Å². The molecular formula is C32H18F6S2. The van der Waals surface area contributed by atoms with Gasteiger partial charge in [0.1, 0.15) is 0 Å². The van der Waals surface area contributed by atoms with Gasteiger partial charge in [-0.3, -0.25) is 0 Å². The lowest BCUT2D eigenvalue weighted by Gasteiger charge is -2.17. The van der Waals surface area contributed by atoms with Crippen molar-refractivity contribution in [2.45, 2.75) is 31.9 Å². The van der Waals surface area contributed by atoms with Crippen LogP contribution in [0.4, 0.5) is 26.3 Å². The summed E-state index contributed by atoms with van der Waals surface area (Å²) in [5, 5.41) is 3.25. The van der Waals surface area contributed by atoms with Crippen LogP contribution in [0.1, 0.15) is 11.1 Å². The summed E-state index contributed by atoms with van der Waals surface area (Å²) in [6.07, 6.45) is -10.3. The average Bonchev–Trinajstić information content (AvgIpc) is 2.91. The van der Waals surface area contributed by atoms with E-state index in [1.54, 1.807) is 23.5 Å². The van der Waals surface area contributed by atoms with Crippen molar-refractivity contribution in [3.63, 3.8) is 0 Å². The summed E-state index contributed by atoms with van der Waals surface area (Å²) >= 11 is 3.22. The Bertz CT molecular complexity index is 1720. The molecule has 0 fully saturated rings. The molecule has 0 atom stereocenters. The van der Waals surface area contributed by atoms with Crippen molar-refractivity contribution < 1.29 is 26.3 Å². The second-order valence-corrected chi connectivity index (χ2v) is 11.5. The van der Waals surface area contributed by atoms with E-state index in [0.717, 1.165) is 30.4 Å². The number of rotatable bonds is 4. The van der Waals surface area contributed by atoms with E-state index >= 15 is 0 Å². The molecule has 0 saturated heterocycles. The molecule has 8 heteroatoms. The van der Waals surface area contributed by atoms with Gasteiger partial charge in [-0.1, -0.05) is 59.9 Å². The van der Waals surface area contributed by atoms with E-state index in [-0.39, 0.29) is 10.8 Å². The van der Waals surface area contributed by atoms with Gasteiger partial charge in [0, 0.05) is 19.6 Å². The zero-order valence-electron chi connectivity index (χ0n) is 20.5. The monoisotopic (exact) mass is 580 g/mol. The van der Waals surface area contributed by atoms with Gasteiger partial charge in [0.25, 0.3) is 0 Å². The Morgan fingerprint density at radius 1 is 0.375 bits per heavy atom. The lowest BCUT2D eigenvalue weighted by molar-refractivity contribution is -0.161. The van der Waals surface area contributed by atoms with Crippen LogP contribution >= 0.6 is 23.5 Å². The van der Waals surface area contributed by atoms with E-state index in [4.69, 9.17) is 0 Å². The van der Waals surface area contributed by atoms with Crippen molar-refractivity contribution in [3.05, 3.63) is 120 Å². The number of alkyl halides is 6. The van der Waals surface area contributed by atoms with Crippen LogP contribution in [0, 0.1) is 0 Å². The zero-order chi connectivity index (χ0) is 28.1. The third-order valence-corrected chi connectivity index (χ3v) is 8.76. The summed E-state index contributed by atoms with van der Waals surface area (Å²) in [5.41, 5.74) is -3.37. The molecule has 0 saturated carbocycles. The van der Waals surface area contributed by atoms with E-state index in [2.05, 4.69) is 12.1 Å². The van der Waals surface area contributed by atoms with Crippen molar-refractivity contribution >= 4 is 55.8 Å². The van der Waals surface area contributed by atoms with Gasteiger partial charge in [0.05, 0.1) is 11.1 Å². The highest BCUT2D eigenvalue weighted by Crippen LogP contribution is 2.44. The molecule has 0 aliphatic rings. The summed E-state index contributed by atoms with van der Waals surface area (Å²) < 4.78 is 81.3. The predicted molar refractivity (Wildman–Crippen MR) is 150 cm³/mol. The average molecular weight is 581 g/mol.